The average molecular weight is 414 g/mol. The van der Waals surface area contributed by atoms with Crippen LogP contribution in [0.5, 0.6) is 0 Å². The topological polar surface area (TPSA) is 86.1 Å². The van der Waals surface area contributed by atoms with Gasteiger partial charge in [0.15, 0.2) is 0 Å². The molecule has 0 saturated carbocycles. The summed E-state index contributed by atoms with van der Waals surface area (Å²) in [4.78, 5) is 33.3. The molecule has 0 spiro atoms. The Hall–Kier alpha value is -4.00. The van der Waals surface area contributed by atoms with E-state index in [-0.39, 0.29) is 12.3 Å². The lowest BCUT2D eigenvalue weighted by atomic mass is 10.2. The summed E-state index contributed by atoms with van der Waals surface area (Å²) in [5.41, 5.74) is 3.94. The normalized spacial score (nSPS) is 10.7. The Morgan fingerprint density at radius 2 is 1.84 bits per heavy atom. The van der Waals surface area contributed by atoms with E-state index in [1.54, 1.807) is 24.5 Å². The Labute approximate surface area is 179 Å². The second-order valence-electron chi connectivity index (χ2n) is 7.11. The monoisotopic (exact) mass is 414 g/mol. The maximum atomic E-state index is 12.6. The number of methoxy groups -OCH3 is 1. The van der Waals surface area contributed by atoms with Crippen LogP contribution in [-0.4, -0.2) is 33.5 Å². The minimum Gasteiger partial charge on any atom is -0.465 e. The van der Waals surface area contributed by atoms with Crippen molar-refractivity contribution in [3.8, 4) is 0 Å². The first-order chi connectivity index (χ1) is 15.1. The number of hydrogen-bond acceptors (Lipinski definition) is 5. The van der Waals surface area contributed by atoms with E-state index in [4.69, 9.17) is 4.74 Å². The number of carbonyl (C=O) groups is 2. The van der Waals surface area contributed by atoms with Crippen molar-refractivity contribution in [3.05, 3.63) is 95.6 Å². The Bertz CT molecular complexity index is 1200. The Kier molecular flexibility index (Phi) is 6.03. The van der Waals surface area contributed by atoms with Crippen LogP contribution in [0.2, 0.25) is 0 Å². The van der Waals surface area contributed by atoms with Crippen molar-refractivity contribution in [2.75, 3.05) is 7.11 Å². The maximum Gasteiger partial charge on any atom is 0.337 e. The SMILES string of the molecule is COC(=O)c1ccc2c(c1)nc(CC(=O)NCc1cccnc1)n2Cc1ccccc1. The summed E-state index contributed by atoms with van der Waals surface area (Å²) < 4.78 is 6.82. The molecule has 4 aromatic rings. The van der Waals surface area contributed by atoms with Gasteiger partial charge in [-0.3, -0.25) is 9.78 Å². The van der Waals surface area contributed by atoms with Gasteiger partial charge >= 0.3 is 5.97 Å². The van der Waals surface area contributed by atoms with Gasteiger partial charge in [-0.25, -0.2) is 9.78 Å². The highest BCUT2D eigenvalue weighted by Crippen LogP contribution is 2.21. The molecule has 0 aliphatic heterocycles. The zero-order chi connectivity index (χ0) is 21.6. The first-order valence-corrected chi connectivity index (χ1v) is 9.91. The van der Waals surface area contributed by atoms with Crippen LogP contribution >= 0.6 is 0 Å². The van der Waals surface area contributed by atoms with E-state index in [1.807, 2.05) is 53.1 Å². The molecular formula is C24H22N4O3. The number of amides is 1. The van der Waals surface area contributed by atoms with Crippen LogP contribution in [0.3, 0.4) is 0 Å². The van der Waals surface area contributed by atoms with E-state index in [9.17, 15) is 9.59 Å². The van der Waals surface area contributed by atoms with Crippen molar-refractivity contribution in [1.29, 1.82) is 0 Å². The first kappa shape index (κ1) is 20.3. The van der Waals surface area contributed by atoms with E-state index in [2.05, 4.69) is 15.3 Å². The van der Waals surface area contributed by atoms with Crippen LogP contribution in [0.15, 0.2) is 73.1 Å². The molecule has 1 N–H and O–H groups in total. The van der Waals surface area contributed by atoms with E-state index in [0.717, 1.165) is 16.6 Å². The van der Waals surface area contributed by atoms with Crippen molar-refractivity contribution in [1.82, 2.24) is 19.9 Å². The van der Waals surface area contributed by atoms with Gasteiger partial charge in [0.05, 0.1) is 30.1 Å². The predicted molar refractivity (Wildman–Crippen MR) is 116 cm³/mol. The number of nitrogens with zero attached hydrogens (tertiary/aromatic N) is 3. The largest absolute Gasteiger partial charge is 0.465 e. The third-order valence-electron chi connectivity index (χ3n) is 4.96. The molecule has 2 heterocycles. The molecule has 0 unspecified atom stereocenters. The summed E-state index contributed by atoms with van der Waals surface area (Å²) in [5, 5.41) is 2.92. The van der Waals surface area contributed by atoms with Crippen molar-refractivity contribution < 1.29 is 14.3 Å². The molecule has 2 aromatic heterocycles. The molecule has 0 aliphatic rings. The van der Waals surface area contributed by atoms with Gasteiger partial charge in [-0.1, -0.05) is 36.4 Å². The van der Waals surface area contributed by atoms with Crippen LogP contribution in [0.4, 0.5) is 0 Å². The van der Waals surface area contributed by atoms with Gasteiger partial charge in [0.25, 0.3) is 0 Å². The van der Waals surface area contributed by atoms with Crippen molar-refractivity contribution >= 4 is 22.9 Å². The fraction of sp³-hybridized carbons (Fsp3) is 0.167. The second-order valence-corrected chi connectivity index (χ2v) is 7.11. The number of imidazole rings is 1. The summed E-state index contributed by atoms with van der Waals surface area (Å²) in [7, 11) is 1.35. The molecule has 0 bridgehead atoms. The van der Waals surface area contributed by atoms with Crippen molar-refractivity contribution in [2.24, 2.45) is 0 Å². The number of benzene rings is 2. The number of aromatic nitrogens is 3. The molecule has 7 heteroatoms. The lowest BCUT2D eigenvalue weighted by Crippen LogP contribution is -2.26. The number of nitrogens with one attached hydrogen (secondary N) is 1. The lowest BCUT2D eigenvalue weighted by Gasteiger charge is -2.10. The summed E-state index contributed by atoms with van der Waals surface area (Å²) in [6.07, 6.45) is 3.54. The molecule has 0 fully saturated rings. The van der Waals surface area contributed by atoms with Crippen LogP contribution in [0.25, 0.3) is 11.0 Å². The number of carbonyl (C=O) groups excluding carboxylic acids is 2. The van der Waals surface area contributed by atoms with E-state index < -0.39 is 5.97 Å². The molecule has 31 heavy (non-hydrogen) atoms. The van der Waals surface area contributed by atoms with Gasteiger partial charge in [-0.15, -0.1) is 0 Å². The highest BCUT2D eigenvalue weighted by atomic mass is 16.5. The van der Waals surface area contributed by atoms with Crippen LogP contribution < -0.4 is 5.32 Å². The lowest BCUT2D eigenvalue weighted by molar-refractivity contribution is -0.120. The van der Waals surface area contributed by atoms with Crippen LogP contribution in [0, 0.1) is 0 Å². The molecular weight excluding hydrogens is 392 g/mol. The number of esters is 1. The quantitative estimate of drug-likeness (QED) is 0.470. The second kappa shape index (κ2) is 9.21. The molecule has 4 rings (SSSR count). The fourth-order valence-electron chi connectivity index (χ4n) is 3.41. The van der Waals surface area contributed by atoms with Gasteiger partial charge in [0, 0.05) is 25.5 Å². The van der Waals surface area contributed by atoms with E-state index in [1.165, 1.54) is 7.11 Å². The zero-order valence-corrected chi connectivity index (χ0v) is 17.1. The Balaban J connectivity index is 1.62. The number of ether oxygens (including phenoxy) is 1. The third-order valence-corrected chi connectivity index (χ3v) is 4.96. The van der Waals surface area contributed by atoms with Gasteiger partial charge in [-0.05, 0) is 35.4 Å². The van der Waals surface area contributed by atoms with Gasteiger partial charge in [0.2, 0.25) is 5.91 Å². The summed E-state index contributed by atoms with van der Waals surface area (Å²) >= 11 is 0. The Morgan fingerprint density at radius 1 is 1.03 bits per heavy atom. The highest BCUT2D eigenvalue weighted by molar-refractivity contribution is 5.94. The van der Waals surface area contributed by atoms with Crippen LogP contribution in [0.1, 0.15) is 27.3 Å². The molecule has 156 valence electrons. The molecule has 7 nitrogen and oxygen atoms in total. The molecule has 0 radical (unpaired) electrons. The van der Waals surface area contributed by atoms with Crippen molar-refractivity contribution in [2.45, 2.75) is 19.5 Å². The standard InChI is InChI=1S/C24H22N4O3/c1-31-24(30)19-9-10-21-20(12-19)27-22(28(21)16-17-6-3-2-4-7-17)13-23(29)26-15-18-8-5-11-25-14-18/h2-12,14H,13,15-16H2,1H3,(H,26,29). The summed E-state index contributed by atoms with van der Waals surface area (Å²) in [6.45, 7) is 0.970. The van der Waals surface area contributed by atoms with E-state index in [0.29, 0.717) is 30.0 Å². The van der Waals surface area contributed by atoms with E-state index >= 15 is 0 Å². The van der Waals surface area contributed by atoms with Gasteiger partial charge < -0.3 is 14.6 Å². The third kappa shape index (κ3) is 4.78. The molecule has 1 amide bonds. The minimum absolute atomic E-state index is 0.120. The van der Waals surface area contributed by atoms with Crippen molar-refractivity contribution in [3.63, 3.8) is 0 Å². The molecule has 2 aromatic carbocycles. The Morgan fingerprint density at radius 3 is 2.58 bits per heavy atom. The molecule has 0 aliphatic carbocycles. The summed E-state index contributed by atoms with van der Waals surface area (Å²) in [6, 6.07) is 19.0. The first-order valence-electron chi connectivity index (χ1n) is 9.91. The summed E-state index contributed by atoms with van der Waals surface area (Å²) in [5.74, 6) is 0.0708. The highest BCUT2D eigenvalue weighted by Gasteiger charge is 2.16. The molecule has 0 saturated heterocycles. The minimum atomic E-state index is -0.421. The number of rotatable bonds is 7. The van der Waals surface area contributed by atoms with Gasteiger partial charge in [-0.2, -0.15) is 0 Å². The predicted octanol–water partition coefficient (Wildman–Crippen LogP) is 3.13. The van der Waals surface area contributed by atoms with Crippen LogP contribution in [-0.2, 0) is 29.0 Å². The smallest absolute Gasteiger partial charge is 0.337 e. The zero-order valence-electron chi connectivity index (χ0n) is 17.1. The maximum absolute atomic E-state index is 12.6. The number of hydrogen-bond donors (Lipinski definition) is 1. The number of pyridine rings is 1. The fourth-order valence-corrected chi connectivity index (χ4v) is 3.41. The number of fused-ring (bicyclic) bond motifs is 1. The average Bonchev–Trinajstić information content (AvgIpc) is 3.14. The molecule has 0 atom stereocenters. The van der Waals surface area contributed by atoms with Gasteiger partial charge in [0.1, 0.15) is 5.82 Å².